The van der Waals surface area contributed by atoms with Crippen LogP contribution in [0.25, 0.3) is 16.9 Å². The van der Waals surface area contributed by atoms with Crippen molar-refractivity contribution in [3.05, 3.63) is 35.7 Å². The standard InChI is InChI=1S/C15H15N7/c1-10-14(18-20-22(10)11-5-6-17-9-11)15-12(8-16)13-4-2-3-7-21(13)19-15/h2-4,7,11,17H,5-6,9H2,1H3/t11-/m1/s1. The normalized spacial score (nSPS) is 17.9. The molecule has 0 aliphatic carbocycles. The van der Waals surface area contributed by atoms with Gasteiger partial charge in [-0.25, -0.2) is 9.20 Å². The first kappa shape index (κ1) is 13.0. The van der Waals surface area contributed by atoms with Gasteiger partial charge in [0.15, 0.2) is 0 Å². The molecule has 7 nitrogen and oxygen atoms in total. The van der Waals surface area contributed by atoms with Crippen molar-refractivity contribution in [1.29, 1.82) is 5.26 Å². The van der Waals surface area contributed by atoms with E-state index in [1.165, 1.54) is 0 Å². The van der Waals surface area contributed by atoms with Crippen LogP contribution in [0.5, 0.6) is 0 Å². The van der Waals surface area contributed by atoms with Crippen molar-refractivity contribution < 1.29 is 0 Å². The van der Waals surface area contributed by atoms with Gasteiger partial charge >= 0.3 is 0 Å². The lowest BCUT2D eigenvalue weighted by molar-refractivity contribution is 0.466. The quantitative estimate of drug-likeness (QED) is 0.770. The van der Waals surface area contributed by atoms with Crippen LogP contribution in [0.2, 0.25) is 0 Å². The molecule has 0 saturated carbocycles. The Morgan fingerprint density at radius 2 is 2.27 bits per heavy atom. The molecule has 0 radical (unpaired) electrons. The predicted octanol–water partition coefficient (Wildman–Crippen LogP) is 1.31. The average molecular weight is 293 g/mol. The summed E-state index contributed by atoms with van der Waals surface area (Å²) < 4.78 is 3.66. The summed E-state index contributed by atoms with van der Waals surface area (Å²) in [7, 11) is 0. The van der Waals surface area contributed by atoms with Crippen molar-refractivity contribution in [3.63, 3.8) is 0 Å². The molecular formula is C15H15N7. The molecule has 4 rings (SSSR count). The number of nitrogens with zero attached hydrogens (tertiary/aromatic N) is 6. The fraction of sp³-hybridized carbons (Fsp3) is 0.333. The lowest BCUT2D eigenvalue weighted by Gasteiger charge is -2.09. The van der Waals surface area contributed by atoms with E-state index in [2.05, 4.69) is 26.8 Å². The van der Waals surface area contributed by atoms with E-state index < -0.39 is 0 Å². The topological polar surface area (TPSA) is 83.8 Å². The first-order chi connectivity index (χ1) is 10.8. The average Bonchev–Trinajstić information content (AvgIpc) is 3.24. The summed E-state index contributed by atoms with van der Waals surface area (Å²) in [5.41, 5.74) is 3.57. The van der Waals surface area contributed by atoms with E-state index in [4.69, 9.17) is 0 Å². The third-order valence-electron chi connectivity index (χ3n) is 4.18. The highest BCUT2D eigenvalue weighted by molar-refractivity contribution is 5.76. The Hall–Kier alpha value is -2.72. The molecule has 1 fully saturated rings. The Balaban J connectivity index is 1.87. The number of aromatic nitrogens is 5. The Kier molecular flexibility index (Phi) is 2.91. The number of hydrogen-bond donors (Lipinski definition) is 1. The highest BCUT2D eigenvalue weighted by Gasteiger charge is 2.24. The minimum absolute atomic E-state index is 0.323. The molecular weight excluding hydrogens is 278 g/mol. The molecule has 0 spiro atoms. The van der Waals surface area contributed by atoms with Gasteiger partial charge < -0.3 is 5.32 Å². The van der Waals surface area contributed by atoms with Crippen LogP contribution >= 0.6 is 0 Å². The van der Waals surface area contributed by atoms with Crippen molar-refractivity contribution >= 4 is 5.52 Å². The molecule has 0 unspecified atom stereocenters. The van der Waals surface area contributed by atoms with Crippen LogP contribution in [0.15, 0.2) is 24.4 Å². The van der Waals surface area contributed by atoms with Crippen LogP contribution in [0.4, 0.5) is 0 Å². The Morgan fingerprint density at radius 1 is 1.36 bits per heavy atom. The van der Waals surface area contributed by atoms with Crippen molar-refractivity contribution in [2.75, 3.05) is 13.1 Å². The zero-order valence-corrected chi connectivity index (χ0v) is 12.2. The zero-order chi connectivity index (χ0) is 15.1. The summed E-state index contributed by atoms with van der Waals surface area (Å²) in [6, 6.07) is 8.24. The first-order valence-corrected chi connectivity index (χ1v) is 7.30. The lowest BCUT2D eigenvalue weighted by atomic mass is 10.1. The van der Waals surface area contributed by atoms with Gasteiger partial charge in [-0.3, -0.25) is 0 Å². The van der Waals surface area contributed by atoms with Gasteiger partial charge in [0, 0.05) is 12.7 Å². The van der Waals surface area contributed by atoms with Gasteiger partial charge in [0.25, 0.3) is 0 Å². The van der Waals surface area contributed by atoms with Gasteiger partial charge in [0.05, 0.1) is 17.3 Å². The SMILES string of the molecule is Cc1c(-c2nn3ccccc3c2C#N)nnn1[C@@H]1CCNC1. The van der Waals surface area contributed by atoms with Crippen molar-refractivity contribution in [1.82, 2.24) is 29.9 Å². The third-order valence-corrected chi connectivity index (χ3v) is 4.18. The van der Waals surface area contributed by atoms with Crippen molar-refractivity contribution in [2.24, 2.45) is 0 Å². The van der Waals surface area contributed by atoms with Crippen LogP contribution < -0.4 is 5.32 Å². The number of pyridine rings is 1. The van der Waals surface area contributed by atoms with E-state index in [0.717, 1.165) is 30.7 Å². The summed E-state index contributed by atoms with van der Waals surface area (Å²) >= 11 is 0. The van der Waals surface area contributed by atoms with Gasteiger partial charge in [0.2, 0.25) is 0 Å². The van der Waals surface area contributed by atoms with Gasteiger partial charge in [0.1, 0.15) is 23.0 Å². The molecule has 1 atom stereocenters. The van der Waals surface area contributed by atoms with Crippen LogP contribution in [-0.4, -0.2) is 37.7 Å². The van der Waals surface area contributed by atoms with Crippen LogP contribution in [0, 0.1) is 18.3 Å². The molecule has 3 aromatic rings. The van der Waals surface area contributed by atoms with Gasteiger partial charge in [-0.15, -0.1) is 5.10 Å². The maximum absolute atomic E-state index is 9.51. The second kappa shape index (κ2) is 4.93. The molecule has 1 aliphatic heterocycles. The molecule has 0 bridgehead atoms. The van der Waals surface area contributed by atoms with Gasteiger partial charge in [-0.1, -0.05) is 11.3 Å². The lowest BCUT2D eigenvalue weighted by Crippen LogP contribution is -2.15. The molecule has 1 N–H and O–H groups in total. The van der Waals surface area contributed by atoms with E-state index in [9.17, 15) is 5.26 Å². The smallest absolute Gasteiger partial charge is 0.137 e. The zero-order valence-electron chi connectivity index (χ0n) is 12.2. The van der Waals surface area contributed by atoms with E-state index in [-0.39, 0.29) is 0 Å². The van der Waals surface area contributed by atoms with Crippen LogP contribution in [-0.2, 0) is 0 Å². The molecule has 4 heterocycles. The summed E-state index contributed by atoms with van der Waals surface area (Å²) in [4.78, 5) is 0. The number of hydrogen-bond acceptors (Lipinski definition) is 5. The minimum Gasteiger partial charge on any atom is -0.315 e. The second-order valence-corrected chi connectivity index (χ2v) is 5.48. The Morgan fingerprint density at radius 3 is 3.05 bits per heavy atom. The Labute approximate surface area is 127 Å². The molecule has 7 heteroatoms. The second-order valence-electron chi connectivity index (χ2n) is 5.48. The highest BCUT2D eigenvalue weighted by Crippen LogP contribution is 2.28. The van der Waals surface area contributed by atoms with Crippen LogP contribution in [0.1, 0.15) is 23.7 Å². The first-order valence-electron chi connectivity index (χ1n) is 7.30. The molecule has 0 aromatic carbocycles. The minimum atomic E-state index is 0.323. The fourth-order valence-corrected chi connectivity index (χ4v) is 3.03. The van der Waals surface area contributed by atoms with Gasteiger partial charge in [-0.05, 0) is 32.0 Å². The summed E-state index contributed by atoms with van der Waals surface area (Å²) in [5.74, 6) is 0. The van der Waals surface area contributed by atoms with E-state index in [1.54, 1.807) is 4.52 Å². The summed E-state index contributed by atoms with van der Waals surface area (Å²) in [6.45, 7) is 3.88. The molecule has 0 amide bonds. The molecule has 22 heavy (non-hydrogen) atoms. The van der Waals surface area contributed by atoms with E-state index in [1.807, 2.05) is 36.0 Å². The number of fused-ring (bicyclic) bond motifs is 1. The maximum Gasteiger partial charge on any atom is 0.137 e. The monoisotopic (exact) mass is 293 g/mol. The summed E-state index contributed by atoms with van der Waals surface area (Å²) in [6.07, 6.45) is 2.88. The van der Waals surface area contributed by atoms with E-state index in [0.29, 0.717) is 23.0 Å². The Bertz CT molecular complexity index is 877. The number of nitrogens with one attached hydrogen (secondary N) is 1. The van der Waals surface area contributed by atoms with Gasteiger partial charge in [-0.2, -0.15) is 10.4 Å². The summed E-state index contributed by atoms with van der Waals surface area (Å²) in [5, 5.41) is 25.9. The largest absolute Gasteiger partial charge is 0.315 e. The van der Waals surface area contributed by atoms with Crippen LogP contribution in [0.3, 0.4) is 0 Å². The number of rotatable bonds is 2. The van der Waals surface area contributed by atoms with E-state index >= 15 is 0 Å². The third kappa shape index (κ3) is 1.81. The van der Waals surface area contributed by atoms with Crippen molar-refractivity contribution in [3.8, 4) is 17.5 Å². The molecule has 1 saturated heterocycles. The molecule has 3 aromatic heterocycles. The predicted molar refractivity (Wildman–Crippen MR) is 80.2 cm³/mol. The fourth-order valence-electron chi connectivity index (χ4n) is 3.03. The molecule has 110 valence electrons. The van der Waals surface area contributed by atoms with Crippen molar-refractivity contribution in [2.45, 2.75) is 19.4 Å². The molecule has 1 aliphatic rings. The highest BCUT2D eigenvalue weighted by atomic mass is 15.5. The maximum atomic E-state index is 9.51. The number of nitriles is 1.